The lowest BCUT2D eigenvalue weighted by Crippen LogP contribution is -2.32. The first kappa shape index (κ1) is 28.1. The van der Waals surface area contributed by atoms with Crippen molar-refractivity contribution in [2.24, 2.45) is 4.99 Å². The van der Waals surface area contributed by atoms with Crippen molar-refractivity contribution in [3.63, 3.8) is 0 Å². The number of carbonyl (C=O) groups is 1. The van der Waals surface area contributed by atoms with E-state index in [1.165, 1.54) is 11.8 Å². The number of aromatic nitrogens is 2. The fraction of sp³-hybridized carbons (Fsp3) is 0.114. The first-order valence-corrected chi connectivity index (χ1v) is 14.7. The Kier molecular flexibility index (Phi) is 8.11. The van der Waals surface area contributed by atoms with Gasteiger partial charge in [0, 0.05) is 17.3 Å². The standard InChI is InChI=1S/C35H30N4O3S/c1-24(25-10-6-4-7-11-25)39-34(40)32(43-35(39)36-28-16-20-31(42-3)21-17-28)22-27-23-38(29-12-8-5-9-13-29)37-33(27)26-14-18-30(41-2)19-15-26/h4-24H,1-3H3/b32-22-,36-35?. The summed E-state index contributed by atoms with van der Waals surface area (Å²) in [6, 6.07) is 35.0. The number of para-hydroxylation sites is 1. The van der Waals surface area contributed by atoms with E-state index in [2.05, 4.69) is 0 Å². The summed E-state index contributed by atoms with van der Waals surface area (Å²) in [7, 11) is 3.28. The highest BCUT2D eigenvalue weighted by Crippen LogP contribution is 2.40. The zero-order chi connectivity index (χ0) is 29.8. The summed E-state index contributed by atoms with van der Waals surface area (Å²) in [6.45, 7) is 2.02. The second-order valence-electron chi connectivity index (χ2n) is 9.91. The average molecular weight is 587 g/mol. The van der Waals surface area contributed by atoms with E-state index in [9.17, 15) is 4.79 Å². The number of benzene rings is 4. The first-order chi connectivity index (χ1) is 21.0. The van der Waals surface area contributed by atoms with Crippen LogP contribution in [0.25, 0.3) is 23.0 Å². The average Bonchev–Trinajstić information content (AvgIpc) is 3.62. The van der Waals surface area contributed by atoms with Gasteiger partial charge in [-0.25, -0.2) is 9.67 Å². The number of ether oxygens (including phenoxy) is 2. The van der Waals surface area contributed by atoms with Gasteiger partial charge in [0.15, 0.2) is 5.17 Å². The molecule has 1 atom stereocenters. The molecule has 1 amide bonds. The smallest absolute Gasteiger partial charge is 0.267 e. The summed E-state index contributed by atoms with van der Waals surface area (Å²) in [6.07, 6.45) is 3.87. The van der Waals surface area contributed by atoms with E-state index in [0.29, 0.717) is 10.1 Å². The molecule has 0 N–H and O–H groups in total. The van der Waals surface area contributed by atoms with Crippen LogP contribution in [0.4, 0.5) is 5.69 Å². The minimum absolute atomic E-state index is 0.109. The maximum atomic E-state index is 14.1. The van der Waals surface area contributed by atoms with Crippen molar-refractivity contribution in [3.05, 3.63) is 131 Å². The molecule has 1 unspecified atom stereocenters. The van der Waals surface area contributed by atoms with E-state index in [4.69, 9.17) is 19.6 Å². The Bertz CT molecular complexity index is 1780. The molecule has 7 nitrogen and oxygen atoms in total. The molecule has 2 heterocycles. The zero-order valence-electron chi connectivity index (χ0n) is 24.0. The molecule has 0 bridgehead atoms. The van der Waals surface area contributed by atoms with Gasteiger partial charge in [0.2, 0.25) is 0 Å². The molecule has 8 heteroatoms. The third-order valence-electron chi connectivity index (χ3n) is 7.22. The van der Waals surface area contributed by atoms with Gasteiger partial charge in [0.25, 0.3) is 5.91 Å². The van der Waals surface area contributed by atoms with Crippen molar-refractivity contribution in [1.82, 2.24) is 14.7 Å². The van der Waals surface area contributed by atoms with Gasteiger partial charge in [-0.1, -0.05) is 48.5 Å². The molecule has 1 aliphatic rings. The molecular formula is C35H30N4O3S. The first-order valence-electron chi connectivity index (χ1n) is 13.8. The van der Waals surface area contributed by atoms with Crippen molar-refractivity contribution < 1.29 is 14.3 Å². The summed E-state index contributed by atoms with van der Waals surface area (Å²) >= 11 is 1.36. The van der Waals surface area contributed by atoms with Crippen LogP contribution >= 0.6 is 11.8 Å². The minimum atomic E-state index is -0.225. The monoisotopic (exact) mass is 586 g/mol. The molecule has 0 radical (unpaired) electrons. The van der Waals surface area contributed by atoms with Crippen LogP contribution in [-0.4, -0.2) is 40.0 Å². The zero-order valence-corrected chi connectivity index (χ0v) is 24.9. The molecule has 0 spiro atoms. The van der Waals surface area contributed by atoms with Crippen molar-refractivity contribution in [3.8, 4) is 28.4 Å². The summed E-state index contributed by atoms with van der Waals surface area (Å²) in [4.78, 5) is 21.4. The van der Waals surface area contributed by atoms with Crippen LogP contribution in [0.15, 0.2) is 125 Å². The molecule has 0 aliphatic carbocycles. The predicted octanol–water partition coefficient (Wildman–Crippen LogP) is 7.92. The number of hydrogen-bond acceptors (Lipinski definition) is 6. The summed E-state index contributed by atoms with van der Waals surface area (Å²) in [5.74, 6) is 1.40. The molecule has 1 saturated heterocycles. The molecule has 1 aromatic heterocycles. The fourth-order valence-electron chi connectivity index (χ4n) is 4.87. The largest absolute Gasteiger partial charge is 0.497 e. The Labute approximate surface area is 255 Å². The molecule has 43 heavy (non-hydrogen) atoms. The van der Waals surface area contributed by atoms with Crippen LogP contribution in [0.1, 0.15) is 24.1 Å². The van der Waals surface area contributed by atoms with Crippen LogP contribution < -0.4 is 9.47 Å². The Hall–Kier alpha value is -5.08. The second kappa shape index (κ2) is 12.4. The SMILES string of the molecule is COc1ccc(N=C2S/C(=C\c3cn(-c4ccccc4)nc3-c3ccc(OC)cc3)C(=O)N2C(C)c2ccccc2)cc1. The lowest BCUT2D eigenvalue weighted by molar-refractivity contribution is -0.123. The van der Waals surface area contributed by atoms with E-state index in [-0.39, 0.29) is 11.9 Å². The van der Waals surface area contributed by atoms with Crippen LogP contribution in [0, 0.1) is 0 Å². The second-order valence-corrected chi connectivity index (χ2v) is 10.9. The molecule has 1 fully saturated rings. The van der Waals surface area contributed by atoms with Crippen LogP contribution in [-0.2, 0) is 4.79 Å². The number of thioether (sulfide) groups is 1. The minimum Gasteiger partial charge on any atom is -0.497 e. The number of nitrogens with zero attached hydrogens (tertiary/aromatic N) is 4. The molecule has 6 rings (SSSR count). The van der Waals surface area contributed by atoms with Gasteiger partial charge < -0.3 is 9.47 Å². The van der Waals surface area contributed by atoms with Crippen molar-refractivity contribution in [2.75, 3.05) is 14.2 Å². The Morgan fingerprint density at radius 3 is 2.05 bits per heavy atom. The molecule has 5 aromatic rings. The number of hydrogen-bond donors (Lipinski definition) is 0. The van der Waals surface area contributed by atoms with Gasteiger partial charge in [0.1, 0.15) is 11.5 Å². The van der Waals surface area contributed by atoms with Crippen molar-refractivity contribution in [1.29, 1.82) is 0 Å². The van der Waals surface area contributed by atoms with Crippen LogP contribution in [0.3, 0.4) is 0 Å². The Balaban J connectivity index is 1.44. The van der Waals surface area contributed by atoms with Crippen molar-refractivity contribution >= 4 is 34.6 Å². The maximum absolute atomic E-state index is 14.1. The highest BCUT2D eigenvalue weighted by Gasteiger charge is 2.37. The van der Waals surface area contributed by atoms with E-state index in [1.807, 2.05) is 133 Å². The summed E-state index contributed by atoms with van der Waals surface area (Å²) in [5.41, 5.74) is 5.18. The topological polar surface area (TPSA) is 69.0 Å². The Morgan fingerprint density at radius 2 is 1.42 bits per heavy atom. The number of aliphatic imine (C=N–C) groups is 1. The van der Waals surface area contributed by atoms with Gasteiger partial charge in [0.05, 0.1) is 42.2 Å². The van der Waals surface area contributed by atoms with Gasteiger partial charge >= 0.3 is 0 Å². The van der Waals surface area contributed by atoms with Gasteiger partial charge in [-0.2, -0.15) is 5.10 Å². The van der Waals surface area contributed by atoms with Crippen molar-refractivity contribution in [2.45, 2.75) is 13.0 Å². The van der Waals surface area contributed by atoms with Crippen LogP contribution in [0.2, 0.25) is 0 Å². The predicted molar refractivity (Wildman–Crippen MR) is 173 cm³/mol. The molecule has 0 saturated carbocycles. The highest BCUT2D eigenvalue weighted by atomic mass is 32.2. The maximum Gasteiger partial charge on any atom is 0.267 e. The summed E-state index contributed by atoms with van der Waals surface area (Å²) in [5, 5.41) is 5.54. The molecule has 214 valence electrons. The lowest BCUT2D eigenvalue weighted by Gasteiger charge is -2.24. The third-order valence-corrected chi connectivity index (χ3v) is 8.20. The highest BCUT2D eigenvalue weighted by molar-refractivity contribution is 8.18. The summed E-state index contributed by atoms with van der Waals surface area (Å²) < 4.78 is 12.5. The Morgan fingerprint density at radius 1 is 0.814 bits per heavy atom. The van der Waals surface area contributed by atoms with Crippen LogP contribution in [0.5, 0.6) is 11.5 Å². The molecule has 4 aromatic carbocycles. The molecular weight excluding hydrogens is 556 g/mol. The van der Waals surface area contributed by atoms with E-state index in [1.54, 1.807) is 19.1 Å². The normalized spacial score (nSPS) is 15.7. The quantitative estimate of drug-likeness (QED) is 0.173. The molecule has 1 aliphatic heterocycles. The number of amides is 1. The van der Waals surface area contributed by atoms with E-state index >= 15 is 0 Å². The fourth-order valence-corrected chi connectivity index (χ4v) is 5.93. The number of carbonyl (C=O) groups excluding carboxylic acids is 1. The van der Waals surface area contributed by atoms with E-state index in [0.717, 1.165) is 45.3 Å². The lowest BCUT2D eigenvalue weighted by atomic mass is 10.1. The van der Waals surface area contributed by atoms with Gasteiger partial charge in [-0.05, 0) is 91.0 Å². The number of amidine groups is 1. The third kappa shape index (κ3) is 5.96. The van der Waals surface area contributed by atoms with Gasteiger partial charge in [-0.3, -0.25) is 9.69 Å². The number of methoxy groups -OCH3 is 2. The number of rotatable bonds is 8. The van der Waals surface area contributed by atoms with E-state index < -0.39 is 0 Å². The van der Waals surface area contributed by atoms with Gasteiger partial charge in [-0.15, -0.1) is 0 Å².